The van der Waals surface area contributed by atoms with E-state index in [-0.39, 0.29) is 5.56 Å². The maximum absolute atomic E-state index is 11.9. The van der Waals surface area contributed by atoms with E-state index in [1.165, 1.54) is 11.6 Å². The largest absolute Gasteiger partial charge is 0.355 e. The lowest BCUT2D eigenvalue weighted by Gasteiger charge is -2.13. The normalized spacial score (nSPS) is 11.9. The van der Waals surface area contributed by atoms with Crippen molar-refractivity contribution in [3.8, 4) is 11.3 Å². The molecule has 1 aromatic carbocycles. The highest BCUT2D eigenvalue weighted by molar-refractivity contribution is 5.58. The van der Waals surface area contributed by atoms with Crippen molar-refractivity contribution in [2.45, 2.75) is 13.3 Å². The molecular formula is C19H20N4O. The highest BCUT2D eigenvalue weighted by Gasteiger charge is 2.07. The lowest BCUT2D eigenvalue weighted by Crippen LogP contribution is -2.18. The fourth-order valence-corrected chi connectivity index (χ4v) is 2.57. The summed E-state index contributed by atoms with van der Waals surface area (Å²) < 4.78 is 0. The number of aromatic nitrogens is 3. The van der Waals surface area contributed by atoms with Gasteiger partial charge in [0.1, 0.15) is 0 Å². The number of aromatic amines is 1. The van der Waals surface area contributed by atoms with Gasteiger partial charge in [-0.1, -0.05) is 37.3 Å². The Bertz CT molecular complexity index is 831. The zero-order valence-electron chi connectivity index (χ0n) is 13.6. The molecule has 0 saturated heterocycles. The molecule has 5 nitrogen and oxygen atoms in total. The van der Waals surface area contributed by atoms with E-state index < -0.39 is 0 Å². The standard InChI is InChI=1S/C19H20N4O/c1-14(11-15-5-3-2-4-6-15)13-21-19-22-17(12-18(24)23-19)16-7-9-20-10-8-16/h2-10,12,14H,11,13H2,1H3,(H2,21,22,23,24). The van der Waals surface area contributed by atoms with Crippen molar-refractivity contribution in [2.75, 3.05) is 11.9 Å². The molecule has 1 atom stereocenters. The lowest BCUT2D eigenvalue weighted by molar-refractivity contribution is 0.609. The number of pyridine rings is 1. The lowest BCUT2D eigenvalue weighted by atomic mass is 10.0. The number of hydrogen-bond donors (Lipinski definition) is 2. The van der Waals surface area contributed by atoms with Gasteiger partial charge in [-0.15, -0.1) is 0 Å². The van der Waals surface area contributed by atoms with Crippen molar-refractivity contribution < 1.29 is 0 Å². The van der Waals surface area contributed by atoms with Crippen LogP contribution < -0.4 is 10.9 Å². The summed E-state index contributed by atoms with van der Waals surface area (Å²) in [6.45, 7) is 2.91. The first-order valence-electron chi connectivity index (χ1n) is 8.00. The van der Waals surface area contributed by atoms with Crippen molar-refractivity contribution in [3.63, 3.8) is 0 Å². The Labute approximate surface area is 140 Å². The highest BCUT2D eigenvalue weighted by Crippen LogP contribution is 2.15. The van der Waals surface area contributed by atoms with E-state index in [4.69, 9.17) is 0 Å². The van der Waals surface area contributed by atoms with Gasteiger partial charge in [0.2, 0.25) is 5.95 Å². The van der Waals surface area contributed by atoms with E-state index in [1.807, 2.05) is 30.3 Å². The molecule has 0 aliphatic carbocycles. The van der Waals surface area contributed by atoms with Crippen LogP contribution in [0.5, 0.6) is 0 Å². The van der Waals surface area contributed by atoms with Crippen LogP contribution in [0.25, 0.3) is 11.3 Å². The topological polar surface area (TPSA) is 70.7 Å². The molecule has 0 radical (unpaired) electrons. The molecule has 3 rings (SSSR count). The molecule has 2 heterocycles. The summed E-state index contributed by atoms with van der Waals surface area (Å²) >= 11 is 0. The SMILES string of the molecule is CC(CNc1nc(-c2ccncc2)cc(=O)[nH]1)Cc1ccccc1. The molecule has 0 amide bonds. The predicted octanol–water partition coefficient (Wildman–Crippen LogP) is 3.12. The molecule has 3 aromatic rings. The summed E-state index contributed by atoms with van der Waals surface area (Å²) in [6.07, 6.45) is 4.35. The van der Waals surface area contributed by atoms with Crippen LogP contribution in [-0.4, -0.2) is 21.5 Å². The second kappa shape index (κ2) is 7.55. The minimum Gasteiger partial charge on any atom is -0.355 e. The van der Waals surface area contributed by atoms with Gasteiger partial charge in [-0.2, -0.15) is 0 Å². The van der Waals surface area contributed by atoms with Crippen LogP contribution in [0, 0.1) is 5.92 Å². The van der Waals surface area contributed by atoms with Gasteiger partial charge in [-0.25, -0.2) is 4.98 Å². The summed E-state index contributed by atoms with van der Waals surface area (Å²) in [5.41, 5.74) is 2.64. The van der Waals surface area contributed by atoms with Crippen LogP contribution in [0.15, 0.2) is 65.7 Å². The second-order valence-corrected chi connectivity index (χ2v) is 5.89. The average molecular weight is 320 g/mol. The molecular weight excluding hydrogens is 300 g/mol. The van der Waals surface area contributed by atoms with Crippen LogP contribution in [0.4, 0.5) is 5.95 Å². The first-order chi connectivity index (χ1) is 11.7. The van der Waals surface area contributed by atoms with E-state index in [9.17, 15) is 4.79 Å². The summed E-state index contributed by atoms with van der Waals surface area (Å²) in [6, 6.07) is 15.5. The van der Waals surface area contributed by atoms with Gasteiger partial charge in [-0.3, -0.25) is 14.8 Å². The molecule has 24 heavy (non-hydrogen) atoms. The molecule has 2 N–H and O–H groups in total. The number of anilines is 1. The fourth-order valence-electron chi connectivity index (χ4n) is 2.57. The van der Waals surface area contributed by atoms with Crippen LogP contribution in [0.1, 0.15) is 12.5 Å². The second-order valence-electron chi connectivity index (χ2n) is 5.89. The highest BCUT2D eigenvalue weighted by atomic mass is 16.1. The predicted molar refractivity (Wildman–Crippen MR) is 95.9 cm³/mol. The average Bonchev–Trinajstić information content (AvgIpc) is 2.61. The van der Waals surface area contributed by atoms with Gasteiger partial charge in [0.15, 0.2) is 0 Å². The van der Waals surface area contributed by atoms with Gasteiger partial charge in [0.05, 0.1) is 5.69 Å². The number of nitrogens with one attached hydrogen (secondary N) is 2. The Balaban J connectivity index is 1.67. The van der Waals surface area contributed by atoms with Crippen LogP contribution in [0.2, 0.25) is 0 Å². The van der Waals surface area contributed by atoms with E-state index in [2.05, 4.69) is 39.3 Å². The molecule has 0 aliphatic rings. The quantitative estimate of drug-likeness (QED) is 0.732. The molecule has 0 aliphatic heterocycles. The van der Waals surface area contributed by atoms with Gasteiger partial charge in [-0.05, 0) is 30.0 Å². The Morgan fingerprint density at radius 2 is 1.88 bits per heavy atom. The van der Waals surface area contributed by atoms with E-state index in [1.54, 1.807) is 12.4 Å². The minimum absolute atomic E-state index is 0.171. The third kappa shape index (κ3) is 4.29. The Hall–Kier alpha value is -2.95. The third-order valence-corrected chi connectivity index (χ3v) is 3.76. The Kier molecular flexibility index (Phi) is 5.01. The van der Waals surface area contributed by atoms with Gasteiger partial charge in [0.25, 0.3) is 5.56 Å². The van der Waals surface area contributed by atoms with Crippen molar-refractivity contribution >= 4 is 5.95 Å². The molecule has 5 heteroatoms. The number of rotatable bonds is 6. The fraction of sp³-hybridized carbons (Fsp3) is 0.211. The molecule has 0 fully saturated rings. The number of hydrogen-bond acceptors (Lipinski definition) is 4. The number of benzene rings is 1. The van der Waals surface area contributed by atoms with E-state index >= 15 is 0 Å². The van der Waals surface area contributed by atoms with E-state index in [0.29, 0.717) is 17.6 Å². The molecule has 2 aromatic heterocycles. The maximum atomic E-state index is 11.9. The van der Waals surface area contributed by atoms with Crippen LogP contribution in [0.3, 0.4) is 0 Å². The van der Waals surface area contributed by atoms with Crippen molar-refractivity contribution in [1.29, 1.82) is 0 Å². The molecule has 1 unspecified atom stereocenters. The summed E-state index contributed by atoms with van der Waals surface area (Å²) in [5, 5.41) is 3.23. The van der Waals surface area contributed by atoms with Crippen molar-refractivity contribution in [1.82, 2.24) is 15.0 Å². The zero-order valence-corrected chi connectivity index (χ0v) is 13.6. The third-order valence-electron chi connectivity index (χ3n) is 3.76. The number of nitrogens with zero attached hydrogens (tertiary/aromatic N) is 2. The van der Waals surface area contributed by atoms with Crippen LogP contribution >= 0.6 is 0 Å². The van der Waals surface area contributed by atoms with Crippen LogP contribution in [-0.2, 0) is 6.42 Å². The molecule has 0 saturated carbocycles. The number of H-pyrrole nitrogens is 1. The summed E-state index contributed by atoms with van der Waals surface area (Å²) in [7, 11) is 0. The summed E-state index contributed by atoms with van der Waals surface area (Å²) in [5.74, 6) is 0.913. The van der Waals surface area contributed by atoms with E-state index in [0.717, 1.165) is 18.5 Å². The van der Waals surface area contributed by atoms with Gasteiger partial charge < -0.3 is 5.32 Å². The first-order valence-corrected chi connectivity index (χ1v) is 8.00. The van der Waals surface area contributed by atoms with Crippen molar-refractivity contribution in [2.24, 2.45) is 5.92 Å². The Morgan fingerprint density at radius 3 is 2.62 bits per heavy atom. The minimum atomic E-state index is -0.171. The molecule has 0 bridgehead atoms. The maximum Gasteiger partial charge on any atom is 0.252 e. The summed E-state index contributed by atoms with van der Waals surface area (Å²) in [4.78, 5) is 23.1. The zero-order chi connectivity index (χ0) is 16.8. The monoisotopic (exact) mass is 320 g/mol. The first kappa shape index (κ1) is 15.9. The smallest absolute Gasteiger partial charge is 0.252 e. The Morgan fingerprint density at radius 1 is 1.12 bits per heavy atom. The van der Waals surface area contributed by atoms with Gasteiger partial charge in [0, 0.05) is 30.6 Å². The molecule has 122 valence electrons. The molecule has 0 spiro atoms. The van der Waals surface area contributed by atoms with Crippen molar-refractivity contribution in [3.05, 3.63) is 76.8 Å². The van der Waals surface area contributed by atoms with Gasteiger partial charge >= 0.3 is 0 Å².